The van der Waals surface area contributed by atoms with Crippen molar-refractivity contribution in [2.45, 2.75) is 50.9 Å². The van der Waals surface area contributed by atoms with E-state index in [0.717, 1.165) is 11.4 Å². The summed E-state index contributed by atoms with van der Waals surface area (Å²) in [5.74, 6) is 0. The number of nitrogens with zero attached hydrogens (tertiary/aromatic N) is 2. The Morgan fingerprint density at radius 2 is 2.00 bits per heavy atom. The van der Waals surface area contributed by atoms with Crippen LogP contribution in [0, 0.1) is 4.91 Å². The molecule has 1 aliphatic rings. The summed E-state index contributed by atoms with van der Waals surface area (Å²) in [5.41, 5.74) is 0. The predicted octanol–water partition coefficient (Wildman–Crippen LogP) is 0.364. The molecule has 1 saturated carbocycles. The lowest BCUT2D eigenvalue weighted by Gasteiger charge is -2.33. The van der Waals surface area contributed by atoms with Gasteiger partial charge in [-0.25, -0.2) is 4.79 Å². The fourth-order valence-corrected chi connectivity index (χ4v) is 1.95. The monoisotopic (exact) mass is 245 g/mol. The molecular weight excluding hydrogens is 226 g/mol. The molecule has 0 bridgehead atoms. The Kier molecular flexibility index (Phi) is 5.30. The summed E-state index contributed by atoms with van der Waals surface area (Å²) >= 11 is 0. The average Bonchev–Trinajstić information content (AvgIpc) is 2.30. The quantitative estimate of drug-likeness (QED) is 0.491. The van der Waals surface area contributed by atoms with E-state index in [2.05, 4.69) is 10.6 Å². The molecule has 17 heavy (non-hydrogen) atoms. The van der Waals surface area contributed by atoms with Crippen LogP contribution < -0.4 is 5.32 Å². The average molecular weight is 245 g/mol. The van der Waals surface area contributed by atoms with Crippen LogP contribution in [-0.4, -0.2) is 46.0 Å². The fourth-order valence-electron chi connectivity index (χ4n) is 1.95. The molecule has 0 radical (unpaired) electrons. The van der Waals surface area contributed by atoms with Gasteiger partial charge < -0.3 is 15.5 Å². The molecule has 7 heteroatoms. The molecule has 3 N–H and O–H groups in total. The molecule has 0 aromatic carbocycles. The van der Waals surface area contributed by atoms with Crippen molar-refractivity contribution in [3.05, 3.63) is 4.91 Å². The smallest absolute Gasteiger partial charge is 0.340 e. The van der Waals surface area contributed by atoms with Crippen molar-refractivity contribution in [2.24, 2.45) is 5.29 Å². The molecule has 0 saturated heterocycles. The van der Waals surface area contributed by atoms with Gasteiger partial charge in [-0.1, -0.05) is 6.92 Å². The highest BCUT2D eigenvalue weighted by molar-refractivity contribution is 5.74. The maximum Gasteiger partial charge on any atom is 0.340 e. The summed E-state index contributed by atoms with van der Waals surface area (Å²) in [4.78, 5) is 22.1. The van der Waals surface area contributed by atoms with Crippen LogP contribution in [-0.2, 0) is 0 Å². The Bertz CT molecular complexity index is 264. The van der Waals surface area contributed by atoms with Crippen LogP contribution in [0.1, 0.15) is 32.6 Å². The molecule has 1 fully saturated rings. The standard InChI is InChI=1S/C10H19N3O4/c1-2-6-13(12-17)10(16)11-9-7(14)4-3-5-8(9)15/h7-9,14-15H,2-6H2,1H3,(H,11,16). The van der Waals surface area contributed by atoms with E-state index >= 15 is 0 Å². The largest absolute Gasteiger partial charge is 0.391 e. The van der Waals surface area contributed by atoms with Gasteiger partial charge in [0.05, 0.1) is 23.5 Å². The number of aliphatic hydroxyl groups excluding tert-OH is 2. The van der Waals surface area contributed by atoms with Gasteiger partial charge in [-0.15, -0.1) is 4.91 Å². The maximum absolute atomic E-state index is 11.6. The Balaban J connectivity index is 2.56. The van der Waals surface area contributed by atoms with Crippen LogP contribution >= 0.6 is 0 Å². The topological polar surface area (TPSA) is 102 Å². The summed E-state index contributed by atoms with van der Waals surface area (Å²) in [6, 6.07) is -1.40. The van der Waals surface area contributed by atoms with Crippen LogP contribution in [0.15, 0.2) is 5.29 Å². The summed E-state index contributed by atoms with van der Waals surface area (Å²) < 4.78 is 0. The zero-order valence-electron chi connectivity index (χ0n) is 9.87. The molecule has 1 rings (SSSR count). The summed E-state index contributed by atoms with van der Waals surface area (Å²) in [7, 11) is 0. The molecule has 2 atom stereocenters. The second-order valence-electron chi connectivity index (χ2n) is 4.25. The Morgan fingerprint density at radius 3 is 2.47 bits per heavy atom. The number of hydrogen-bond donors (Lipinski definition) is 3. The first-order chi connectivity index (χ1) is 8.10. The first-order valence-corrected chi connectivity index (χ1v) is 5.87. The molecule has 0 heterocycles. The van der Waals surface area contributed by atoms with Crippen molar-refractivity contribution < 1.29 is 15.0 Å². The number of nitrogens with one attached hydrogen (secondary N) is 1. The van der Waals surface area contributed by atoms with E-state index in [1.54, 1.807) is 0 Å². The molecule has 1 aliphatic carbocycles. The number of carbonyl (C=O) groups is 1. The minimum absolute atomic E-state index is 0.217. The van der Waals surface area contributed by atoms with Gasteiger partial charge in [0.15, 0.2) is 0 Å². The van der Waals surface area contributed by atoms with E-state index in [-0.39, 0.29) is 6.54 Å². The first kappa shape index (κ1) is 13.9. The first-order valence-electron chi connectivity index (χ1n) is 5.87. The second-order valence-corrected chi connectivity index (χ2v) is 4.25. The lowest BCUT2D eigenvalue weighted by Crippen LogP contribution is -2.55. The highest BCUT2D eigenvalue weighted by atomic mass is 16.3. The van der Waals surface area contributed by atoms with Crippen LogP contribution in [0.3, 0.4) is 0 Å². The molecular formula is C10H19N3O4. The van der Waals surface area contributed by atoms with Crippen LogP contribution in [0.4, 0.5) is 4.79 Å². The third-order valence-corrected chi connectivity index (χ3v) is 2.89. The van der Waals surface area contributed by atoms with Gasteiger partial charge in [-0.2, -0.15) is 5.01 Å². The minimum atomic E-state index is -0.780. The number of rotatable bonds is 4. The number of amides is 2. The molecule has 2 unspecified atom stereocenters. The predicted molar refractivity (Wildman–Crippen MR) is 61.0 cm³/mol. The molecule has 2 amide bonds. The molecule has 0 aromatic heterocycles. The number of hydrogen-bond acceptors (Lipinski definition) is 5. The van der Waals surface area contributed by atoms with Crippen molar-refractivity contribution in [3.63, 3.8) is 0 Å². The Labute approximate surface area is 99.7 Å². The normalized spacial score (nSPS) is 28.5. The van der Waals surface area contributed by atoms with E-state index in [4.69, 9.17) is 0 Å². The van der Waals surface area contributed by atoms with E-state index in [1.165, 1.54) is 0 Å². The van der Waals surface area contributed by atoms with E-state index < -0.39 is 24.3 Å². The number of aliphatic hydroxyl groups is 2. The van der Waals surface area contributed by atoms with Crippen molar-refractivity contribution in [1.29, 1.82) is 0 Å². The van der Waals surface area contributed by atoms with Crippen molar-refractivity contribution in [2.75, 3.05) is 6.54 Å². The number of urea groups is 1. The highest BCUT2D eigenvalue weighted by Crippen LogP contribution is 2.19. The van der Waals surface area contributed by atoms with Gasteiger partial charge in [0, 0.05) is 6.54 Å². The van der Waals surface area contributed by atoms with Crippen LogP contribution in [0.2, 0.25) is 0 Å². The van der Waals surface area contributed by atoms with Crippen molar-refractivity contribution in [1.82, 2.24) is 10.3 Å². The van der Waals surface area contributed by atoms with Gasteiger partial charge in [-0.3, -0.25) is 0 Å². The minimum Gasteiger partial charge on any atom is -0.391 e. The number of nitroso groups, excluding NO2 is 1. The van der Waals surface area contributed by atoms with Gasteiger partial charge in [0.25, 0.3) is 0 Å². The molecule has 7 nitrogen and oxygen atoms in total. The number of carbonyl (C=O) groups excluding carboxylic acids is 1. The Morgan fingerprint density at radius 1 is 1.41 bits per heavy atom. The Hall–Kier alpha value is -1.21. The van der Waals surface area contributed by atoms with E-state index in [1.807, 2.05) is 6.92 Å². The summed E-state index contributed by atoms with van der Waals surface area (Å²) in [6.45, 7) is 2.03. The molecule has 98 valence electrons. The fraction of sp³-hybridized carbons (Fsp3) is 0.900. The summed E-state index contributed by atoms with van der Waals surface area (Å²) in [5, 5.41) is 25.1. The second kappa shape index (κ2) is 6.51. The third kappa shape index (κ3) is 3.64. The lowest BCUT2D eigenvalue weighted by atomic mass is 9.90. The van der Waals surface area contributed by atoms with Crippen molar-refractivity contribution >= 4 is 6.03 Å². The third-order valence-electron chi connectivity index (χ3n) is 2.89. The van der Waals surface area contributed by atoms with Gasteiger partial charge >= 0.3 is 6.03 Å². The van der Waals surface area contributed by atoms with Gasteiger partial charge in [0.1, 0.15) is 0 Å². The van der Waals surface area contributed by atoms with E-state index in [9.17, 15) is 19.9 Å². The molecule has 0 aliphatic heterocycles. The van der Waals surface area contributed by atoms with E-state index in [0.29, 0.717) is 19.3 Å². The van der Waals surface area contributed by atoms with Crippen LogP contribution in [0.5, 0.6) is 0 Å². The lowest BCUT2D eigenvalue weighted by molar-refractivity contribution is 0.00413. The SMILES string of the molecule is CCCN(N=O)C(=O)NC1C(O)CCCC1O. The highest BCUT2D eigenvalue weighted by Gasteiger charge is 2.33. The molecule has 0 spiro atoms. The maximum atomic E-state index is 11.6. The zero-order chi connectivity index (χ0) is 12.8. The molecule has 0 aromatic rings. The van der Waals surface area contributed by atoms with Crippen LogP contribution in [0.25, 0.3) is 0 Å². The van der Waals surface area contributed by atoms with Gasteiger partial charge in [0.2, 0.25) is 0 Å². The summed E-state index contributed by atoms with van der Waals surface area (Å²) in [6.07, 6.45) is 0.832. The van der Waals surface area contributed by atoms with Crippen molar-refractivity contribution in [3.8, 4) is 0 Å². The van der Waals surface area contributed by atoms with Gasteiger partial charge in [-0.05, 0) is 25.7 Å². The zero-order valence-corrected chi connectivity index (χ0v) is 9.87.